The first-order chi connectivity index (χ1) is 5.95. The second-order valence-electron chi connectivity index (χ2n) is 3.78. The molecule has 4 nitrogen and oxygen atoms in total. The van der Waals surface area contributed by atoms with Crippen LogP contribution in [0, 0.1) is 11.3 Å². The third-order valence-corrected chi connectivity index (χ3v) is 1.40. The standard InChI is InChI=1S/C9H17N3O/c1-9(2,11)7-8(13)12-6-4-3-5-10/h3-4,6-7,11H2,1-2H3,(H,12,13). The summed E-state index contributed by atoms with van der Waals surface area (Å²) in [5.41, 5.74) is 5.19. The van der Waals surface area contributed by atoms with Gasteiger partial charge in [0.25, 0.3) is 0 Å². The summed E-state index contributed by atoms with van der Waals surface area (Å²) in [7, 11) is 0. The summed E-state index contributed by atoms with van der Waals surface area (Å²) in [6.45, 7) is 4.17. The molecule has 0 heterocycles. The Morgan fingerprint density at radius 2 is 2.23 bits per heavy atom. The summed E-state index contributed by atoms with van der Waals surface area (Å²) in [6.07, 6.45) is 1.50. The molecule has 3 N–H and O–H groups in total. The first-order valence-electron chi connectivity index (χ1n) is 4.38. The lowest BCUT2D eigenvalue weighted by Crippen LogP contribution is -2.39. The van der Waals surface area contributed by atoms with E-state index < -0.39 is 5.54 Å². The van der Waals surface area contributed by atoms with Crippen molar-refractivity contribution < 1.29 is 4.79 Å². The Morgan fingerprint density at radius 3 is 2.69 bits per heavy atom. The van der Waals surface area contributed by atoms with E-state index in [9.17, 15) is 4.79 Å². The molecule has 0 aromatic rings. The number of nitrogens with two attached hydrogens (primary N) is 1. The Bertz CT molecular complexity index is 200. The van der Waals surface area contributed by atoms with Gasteiger partial charge in [-0.2, -0.15) is 5.26 Å². The zero-order valence-corrected chi connectivity index (χ0v) is 8.26. The fourth-order valence-corrected chi connectivity index (χ4v) is 0.872. The zero-order valence-electron chi connectivity index (χ0n) is 8.26. The lowest BCUT2D eigenvalue weighted by atomic mass is 10.0. The van der Waals surface area contributed by atoms with Crippen LogP contribution in [0.15, 0.2) is 0 Å². The Kier molecular flexibility index (Phi) is 5.09. The summed E-state index contributed by atoms with van der Waals surface area (Å²) in [4.78, 5) is 11.1. The van der Waals surface area contributed by atoms with Crippen LogP contribution >= 0.6 is 0 Å². The van der Waals surface area contributed by atoms with Crippen LogP contribution in [0.3, 0.4) is 0 Å². The second kappa shape index (κ2) is 5.55. The minimum atomic E-state index is -0.459. The topological polar surface area (TPSA) is 78.9 Å². The first-order valence-corrected chi connectivity index (χ1v) is 4.38. The van der Waals surface area contributed by atoms with E-state index in [-0.39, 0.29) is 5.91 Å². The van der Waals surface area contributed by atoms with E-state index in [0.717, 1.165) is 0 Å². The van der Waals surface area contributed by atoms with E-state index in [2.05, 4.69) is 5.32 Å². The lowest BCUT2D eigenvalue weighted by Gasteiger charge is -2.17. The monoisotopic (exact) mass is 183 g/mol. The van der Waals surface area contributed by atoms with Gasteiger partial charge < -0.3 is 11.1 Å². The Hall–Kier alpha value is -1.08. The molecule has 0 saturated carbocycles. The van der Waals surface area contributed by atoms with E-state index in [1.165, 1.54) is 0 Å². The first kappa shape index (κ1) is 11.9. The number of rotatable bonds is 5. The average molecular weight is 183 g/mol. The minimum absolute atomic E-state index is 0.0505. The van der Waals surface area contributed by atoms with Crippen molar-refractivity contribution in [2.45, 2.75) is 38.6 Å². The van der Waals surface area contributed by atoms with Crippen LogP contribution in [-0.2, 0) is 4.79 Å². The second-order valence-corrected chi connectivity index (χ2v) is 3.78. The molecule has 0 aliphatic carbocycles. The highest BCUT2D eigenvalue weighted by molar-refractivity contribution is 5.76. The molecule has 0 aliphatic rings. The fraction of sp³-hybridized carbons (Fsp3) is 0.778. The van der Waals surface area contributed by atoms with Gasteiger partial charge in [-0.3, -0.25) is 4.79 Å². The Labute approximate surface area is 79.1 Å². The Morgan fingerprint density at radius 1 is 1.62 bits per heavy atom. The number of nitrogens with one attached hydrogen (secondary N) is 1. The molecule has 0 unspecified atom stereocenters. The third kappa shape index (κ3) is 8.83. The summed E-state index contributed by atoms with van der Waals surface area (Å²) < 4.78 is 0. The van der Waals surface area contributed by atoms with Crippen molar-refractivity contribution >= 4 is 5.91 Å². The highest BCUT2D eigenvalue weighted by Crippen LogP contribution is 2.02. The van der Waals surface area contributed by atoms with E-state index in [4.69, 9.17) is 11.0 Å². The molecule has 74 valence electrons. The highest BCUT2D eigenvalue weighted by atomic mass is 16.1. The third-order valence-electron chi connectivity index (χ3n) is 1.40. The molecule has 0 rings (SSSR count). The van der Waals surface area contributed by atoms with Crippen molar-refractivity contribution in [2.24, 2.45) is 5.73 Å². The molecule has 0 radical (unpaired) electrons. The van der Waals surface area contributed by atoms with Crippen LogP contribution in [0.5, 0.6) is 0 Å². The largest absolute Gasteiger partial charge is 0.356 e. The van der Waals surface area contributed by atoms with Gasteiger partial charge in [-0.05, 0) is 20.3 Å². The number of nitriles is 1. The van der Waals surface area contributed by atoms with Crippen molar-refractivity contribution in [2.75, 3.05) is 6.54 Å². The molecule has 0 saturated heterocycles. The van der Waals surface area contributed by atoms with Crippen molar-refractivity contribution in [3.8, 4) is 6.07 Å². The van der Waals surface area contributed by atoms with Gasteiger partial charge in [0.15, 0.2) is 0 Å². The van der Waals surface area contributed by atoms with Crippen LogP contribution in [0.1, 0.15) is 33.1 Å². The van der Waals surface area contributed by atoms with Crippen LogP contribution in [0.25, 0.3) is 0 Å². The van der Waals surface area contributed by atoms with Gasteiger partial charge in [-0.25, -0.2) is 0 Å². The quantitative estimate of drug-likeness (QED) is 0.610. The molecule has 0 aliphatic heterocycles. The normalized spacial score (nSPS) is 10.6. The molecule has 1 amide bonds. The summed E-state index contributed by atoms with van der Waals surface area (Å²) in [6, 6.07) is 2.01. The number of carbonyl (C=O) groups excluding carboxylic acids is 1. The average Bonchev–Trinajstić information content (AvgIpc) is 1.94. The van der Waals surface area contributed by atoms with Crippen molar-refractivity contribution in [1.29, 1.82) is 5.26 Å². The number of carbonyl (C=O) groups is 1. The summed E-state index contributed by atoms with van der Waals surface area (Å²) >= 11 is 0. The maximum atomic E-state index is 11.1. The number of hydrogen-bond acceptors (Lipinski definition) is 3. The van der Waals surface area contributed by atoms with Crippen molar-refractivity contribution in [3.63, 3.8) is 0 Å². The molecule has 0 spiro atoms. The number of amides is 1. The zero-order chi connectivity index (χ0) is 10.3. The van der Waals surface area contributed by atoms with Gasteiger partial charge in [0.05, 0.1) is 6.07 Å². The molecule has 0 bridgehead atoms. The molecule has 0 aromatic carbocycles. The predicted molar refractivity (Wildman–Crippen MR) is 50.7 cm³/mol. The van der Waals surface area contributed by atoms with Gasteiger partial charge in [0.1, 0.15) is 0 Å². The van der Waals surface area contributed by atoms with Gasteiger partial charge in [0, 0.05) is 24.9 Å². The fourth-order valence-electron chi connectivity index (χ4n) is 0.872. The van der Waals surface area contributed by atoms with Crippen LogP contribution in [0.4, 0.5) is 0 Å². The van der Waals surface area contributed by atoms with E-state index in [1.54, 1.807) is 0 Å². The Balaban J connectivity index is 3.48. The van der Waals surface area contributed by atoms with Crippen molar-refractivity contribution in [3.05, 3.63) is 0 Å². The molecule has 13 heavy (non-hydrogen) atoms. The summed E-state index contributed by atoms with van der Waals surface area (Å²) in [5.74, 6) is -0.0505. The molecular weight excluding hydrogens is 166 g/mol. The SMILES string of the molecule is CC(C)(N)CC(=O)NCCCC#N. The summed E-state index contributed by atoms with van der Waals surface area (Å²) in [5, 5.41) is 10.9. The smallest absolute Gasteiger partial charge is 0.221 e. The van der Waals surface area contributed by atoms with Crippen LogP contribution in [0.2, 0.25) is 0 Å². The maximum absolute atomic E-state index is 11.1. The predicted octanol–water partition coefficient (Wildman–Crippen LogP) is 0.534. The van der Waals surface area contributed by atoms with Gasteiger partial charge >= 0.3 is 0 Å². The number of unbranched alkanes of at least 4 members (excludes halogenated alkanes) is 1. The van der Waals surface area contributed by atoms with Gasteiger partial charge in [-0.15, -0.1) is 0 Å². The van der Waals surface area contributed by atoms with Gasteiger partial charge in [0.2, 0.25) is 5.91 Å². The highest BCUT2D eigenvalue weighted by Gasteiger charge is 2.15. The lowest BCUT2D eigenvalue weighted by molar-refractivity contribution is -0.122. The van der Waals surface area contributed by atoms with Crippen molar-refractivity contribution in [1.82, 2.24) is 5.32 Å². The number of nitrogens with zero attached hydrogens (tertiary/aromatic N) is 1. The van der Waals surface area contributed by atoms with E-state index >= 15 is 0 Å². The number of hydrogen-bond donors (Lipinski definition) is 2. The maximum Gasteiger partial charge on any atom is 0.221 e. The van der Waals surface area contributed by atoms with Crippen LogP contribution < -0.4 is 11.1 Å². The molecule has 0 aromatic heterocycles. The van der Waals surface area contributed by atoms with E-state index in [0.29, 0.717) is 25.8 Å². The minimum Gasteiger partial charge on any atom is -0.356 e. The van der Waals surface area contributed by atoms with E-state index in [1.807, 2.05) is 19.9 Å². The van der Waals surface area contributed by atoms with Crippen LogP contribution in [-0.4, -0.2) is 18.0 Å². The molecule has 0 atom stereocenters. The molecule has 0 fully saturated rings. The molecule has 4 heteroatoms. The van der Waals surface area contributed by atoms with Gasteiger partial charge in [-0.1, -0.05) is 0 Å². The molecular formula is C9H17N3O.